The van der Waals surface area contributed by atoms with Gasteiger partial charge in [0.25, 0.3) is 7.94 Å². The van der Waals surface area contributed by atoms with Crippen molar-refractivity contribution in [1.29, 1.82) is 0 Å². The molecule has 1 aliphatic heterocycles. The number of nitrogens with one attached hydrogen (secondary N) is 3. The molecular weight excluding hydrogens is 281 g/mol. The molecule has 0 unspecified atom stereocenters. The molecule has 1 heterocycles. The molecule has 4 rings (SSSR count). The van der Waals surface area contributed by atoms with Crippen LogP contribution in [-0.4, -0.2) is 0 Å². The van der Waals surface area contributed by atoms with Gasteiger partial charge in [0, 0.05) is 5.39 Å². The quantitative estimate of drug-likeness (QED) is 0.629. The van der Waals surface area contributed by atoms with E-state index in [0.717, 1.165) is 27.8 Å². The van der Waals surface area contributed by atoms with Gasteiger partial charge in [-0.05, 0) is 29.7 Å². The van der Waals surface area contributed by atoms with Crippen molar-refractivity contribution in [3.05, 3.63) is 66.7 Å². The summed E-state index contributed by atoms with van der Waals surface area (Å²) in [4.78, 5) is 13.1. The Morgan fingerprint density at radius 2 is 1.38 bits per heavy atom. The molecule has 0 fully saturated rings. The average molecular weight is 295 g/mol. The SMILES string of the molecule is [O-][P+]1(Nc2ccccc2)Nc2cccc3cccc(c23)N1. The maximum atomic E-state index is 13.1. The molecule has 3 aromatic carbocycles. The molecule has 0 radical (unpaired) electrons. The van der Waals surface area contributed by atoms with E-state index in [-0.39, 0.29) is 0 Å². The molecule has 3 N–H and O–H groups in total. The van der Waals surface area contributed by atoms with Crippen molar-refractivity contribution < 1.29 is 4.89 Å². The third kappa shape index (κ3) is 2.19. The number of benzene rings is 3. The van der Waals surface area contributed by atoms with Gasteiger partial charge in [-0.3, -0.25) is 0 Å². The highest BCUT2D eigenvalue weighted by Crippen LogP contribution is 2.55. The first-order chi connectivity index (χ1) is 10.2. The first kappa shape index (κ1) is 12.5. The lowest BCUT2D eigenvalue weighted by atomic mass is 10.1. The molecule has 21 heavy (non-hydrogen) atoms. The predicted octanol–water partition coefficient (Wildman–Crippen LogP) is 3.83. The van der Waals surface area contributed by atoms with Gasteiger partial charge in [0.1, 0.15) is 0 Å². The lowest BCUT2D eigenvalue weighted by Crippen LogP contribution is -2.33. The maximum absolute atomic E-state index is 13.1. The van der Waals surface area contributed by atoms with E-state index in [2.05, 4.69) is 15.3 Å². The van der Waals surface area contributed by atoms with Crippen LogP contribution in [0.4, 0.5) is 17.1 Å². The molecule has 5 heteroatoms. The van der Waals surface area contributed by atoms with Gasteiger partial charge in [-0.1, -0.05) is 42.5 Å². The van der Waals surface area contributed by atoms with Gasteiger partial charge in [0.05, 0.1) is 17.1 Å². The Morgan fingerprint density at radius 3 is 2.00 bits per heavy atom. The van der Waals surface area contributed by atoms with Crippen LogP contribution in [0.3, 0.4) is 0 Å². The molecule has 0 bridgehead atoms. The largest absolute Gasteiger partial charge is 0.623 e. The van der Waals surface area contributed by atoms with Crippen LogP contribution in [0.25, 0.3) is 10.8 Å². The Labute approximate surface area is 123 Å². The van der Waals surface area contributed by atoms with Crippen LogP contribution in [0.2, 0.25) is 0 Å². The second-order valence-corrected chi connectivity index (χ2v) is 6.91. The van der Waals surface area contributed by atoms with E-state index in [9.17, 15) is 4.89 Å². The predicted molar refractivity (Wildman–Crippen MR) is 88.2 cm³/mol. The first-order valence-electron chi connectivity index (χ1n) is 6.75. The standard InChI is InChI=1S/C16H14N3OP/c20-21(17-13-8-2-1-3-9-13)18-14-10-4-6-12-7-5-11-15(19-21)16(12)14/h1-11H,(H3,17,18,19,20). The Morgan fingerprint density at radius 1 is 0.762 bits per heavy atom. The van der Waals surface area contributed by atoms with E-state index in [0.29, 0.717) is 0 Å². The Kier molecular flexibility index (Phi) is 2.74. The summed E-state index contributed by atoms with van der Waals surface area (Å²) < 4.78 is 0. The highest BCUT2D eigenvalue weighted by atomic mass is 31.2. The second-order valence-electron chi connectivity index (χ2n) is 5.02. The lowest BCUT2D eigenvalue weighted by Gasteiger charge is -2.36. The van der Waals surface area contributed by atoms with Gasteiger partial charge in [0.2, 0.25) is 0 Å². The minimum atomic E-state index is -2.98. The molecule has 1 aliphatic rings. The fourth-order valence-electron chi connectivity index (χ4n) is 2.64. The third-order valence-corrected chi connectivity index (χ3v) is 5.21. The van der Waals surface area contributed by atoms with Crippen LogP contribution in [0.5, 0.6) is 0 Å². The molecule has 0 amide bonds. The zero-order valence-electron chi connectivity index (χ0n) is 11.2. The molecule has 0 saturated carbocycles. The number of hydrogen-bond acceptors (Lipinski definition) is 4. The van der Waals surface area contributed by atoms with Gasteiger partial charge in [-0.2, -0.15) is 0 Å². The van der Waals surface area contributed by atoms with Crippen LogP contribution in [0.15, 0.2) is 66.7 Å². The molecule has 0 aliphatic carbocycles. The molecule has 104 valence electrons. The van der Waals surface area contributed by atoms with E-state index in [1.165, 1.54) is 0 Å². The zero-order chi connectivity index (χ0) is 14.3. The van der Waals surface area contributed by atoms with Crippen LogP contribution >= 0.6 is 7.94 Å². The summed E-state index contributed by atoms with van der Waals surface area (Å²) in [6, 6.07) is 21.5. The first-order valence-corrected chi connectivity index (χ1v) is 8.46. The van der Waals surface area contributed by atoms with Crippen LogP contribution in [0, 0.1) is 0 Å². The van der Waals surface area contributed by atoms with Crippen molar-refractivity contribution in [3.8, 4) is 0 Å². The number of para-hydroxylation sites is 1. The summed E-state index contributed by atoms with van der Waals surface area (Å²) in [5.74, 6) is 0. The monoisotopic (exact) mass is 295 g/mol. The molecule has 0 atom stereocenters. The summed E-state index contributed by atoms with van der Waals surface area (Å²) in [6.07, 6.45) is 0. The van der Waals surface area contributed by atoms with Gasteiger partial charge in [-0.15, -0.1) is 0 Å². The molecule has 4 nitrogen and oxygen atoms in total. The van der Waals surface area contributed by atoms with Crippen molar-refractivity contribution in [1.82, 2.24) is 0 Å². The van der Waals surface area contributed by atoms with Crippen molar-refractivity contribution in [2.24, 2.45) is 0 Å². The van der Waals surface area contributed by atoms with Gasteiger partial charge in [-0.25, -0.2) is 15.3 Å². The summed E-state index contributed by atoms with van der Waals surface area (Å²) in [5.41, 5.74) is 2.58. The maximum Gasteiger partial charge on any atom is 0.250 e. The highest BCUT2D eigenvalue weighted by molar-refractivity contribution is 7.73. The number of anilines is 3. The van der Waals surface area contributed by atoms with Crippen LogP contribution in [-0.2, 0) is 0 Å². The smallest absolute Gasteiger partial charge is 0.250 e. The van der Waals surface area contributed by atoms with E-state index in [1.807, 2.05) is 66.7 Å². The average Bonchev–Trinajstić information content (AvgIpc) is 2.48. The molecule has 3 aromatic rings. The van der Waals surface area contributed by atoms with Crippen molar-refractivity contribution >= 4 is 35.8 Å². The fourth-order valence-corrected chi connectivity index (χ4v) is 4.38. The van der Waals surface area contributed by atoms with Gasteiger partial charge in [0.15, 0.2) is 0 Å². The molecule has 0 saturated heterocycles. The zero-order valence-corrected chi connectivity index (χ0v) is 12.1. The Balaban J connectivity index is 1.76. The van der Waals surface area contributed by atoms with E-state index < -0.39 is 7.94 Å². The highest BCUT2D eigenvalue weighted by Gasteiger charge is 2.32. The van der Waals surface area contributed by atoms with E-state index >= 15 is 0 Å². The van der Waals surface area contributed by atoms with Crippen molar-refractivity contribution in [2.75, 3.05) is 15.3 Å². The normalized spacial score (nSPS) is 15.1. The van der Waals surface area contributed by atoms with Crippen LogP contribution < -0.4 is 20.2 Å². The van der Waals surface area contributed by atoms with Gasteiger partial charge < -0.3 is 4.89 Å². The number of rotatable bonds is 2. The van der Waals surface area contributed by atoms with E-state index in [1.54, 1.807) is 0 Å². The number of hydrogen-bond donors (Lipinski definition) is 3. The minimum absolute atomic E-state index is 0.812. The molecular formula is C16H14N3OP. The van der Waals surface area contributed by atoms with Gasteiger partial charge >= 0.3 is 0 Å². The molecule has 0 spiro atoms. The summed E-state index contributed by atoms with van der Waals surface area (Å²) in [7, 11) is -2.98. The van der Waals surface area contributed by atoms with E-state index in [4.69, 9.17) is 0 Å². The topological polar surface area (TPSA) is 59.1 Å². The Bertz CT molecular complexity index is 766. The fraction of sp³-hybridized carbons (Fsp3) is 0. The lowest BCUT2D eigenvalue weighted by molar-refractivity contribution is -0.165. The summed E-state index contributed by atoms with van der Waals surface area (Å²) >= 11 is 0. The van der Waals surface area contributed by atoms with Crippen molar-refractivity contribution in [3.63, 3.8) is 0 Å². The second kappa shape index (κ2) is 4.62. The summed E-state index contributed by atoms with van der Waals surface area (Å²) in [5, 5.41) is 11.5. The Hall–Kier alpha value is -2.29. The van der Waals surface area contributed by atoms with Crippen LogP contribution in [0.1, 0.15) is 0 Å². The van der Waals surface area contributed by atoms with Crippen molar-refractivity contribution in [2.45, 2.75) is 0 Å². The minimum Gasteiger partial charge on any atom is -0.623 e. The molecule has 0 aromatic heterocycles. The summed E-state index contributed by atoms with van der Waals surface area (Å²) in [6.45, 7) is 0. The third-order valence-electron chi connectivity index (χ3n) is 3.52.